The Bertz CT molecular complexity index is 814. The highest BCUT2D eigenvalue weighted by Crippen LogP contribution is 2.39. The average Bonchev–Trinajstić information content (AvgIpc) is 3.21. The van der Waals surface area contributed by atoms with Crippen LogP contribution in [-0.4, -0.2) is 45.1 Å². The Balaban J connectivity index is 1.92. The van der Waals surface area contributed by atoms with Crippen molar-refractivity contribution in [2.45, 2.75) is 27.2 Å². The maximum atomic E-state index is 13.0. The lowest BCUT2D eigenvalue weighted by Gasteiger charge is -2.28. The molecule has 2 heterocycles. The first-order chi connectivity index (χ1) is 11.8. The SMILES string of the molecule is Cc1noc(-c2ccccc2C(=O)N2CCC(C(=O)O)(C(C)C)C2)n1. The Kier molecular flexibility index (Phi) is 4.32. The van der Waals surface area contributed by atoms with E-state index in [9.17, 15) is 14.7 Å². The van der Waals surface area contributed by atoms with Crippen molar-refractivity contribution >= 4 is 11.9 Å². The third-order valence-electron chi connectivity index (χ3n) is 5.03. The molecule has 2 aromatic rings. The molecule has 132 valence electrons. The summed E-state index contributed by atoms with van der Waals surface area (Å²) in [5.74, 6) is -0.345. The van der Waals surface area contributed by atoms with Gasteiger partial charge in [-0.15, -0.1) is 0 Å². The highest BCUT2D eigenvalue weighted by atomic mass is 16.5. The van der Waals surface area contributed by atoms with E-state index in [0.29, 0.717) is 29.9 Å². The van der Waals surface area contributed by atoms with E-state index >= 15 is 0 Å². The molecule has 1 fully saturated rings. The number of carboxylic acids is 1. The zero-order valence-corrected chi connectivity index (χ0v) is 14.5. The molecule has 1 aromatic carbocycles. The van der Waals surface area contributed by atoms with E-state index in [4.69, 9.17) is 4.52 Å². The lowest BCUT2D eigenvalue weighted by molar-refractivity contribution is -0.150. The smallest absolute Gasteiger partial charge is 0.311 e. The predicted molar refractivity (Wildman–Crippen MR) is 89.9 cm³/mol. The maximum Gasteiger partial charge on any atom is 0.311 e. The quantitative estimate of drug-likeness (QED) is 0.916. The molecule has 1 saturated heterocycles. The van der Waals surface area contributed by atoms with Crippen LogP contribution in [0.5, 0.6) is 0 Å². The number of hydrogen-bond acceptors (Lipinski definition) is 5. The Hall–Kier alpha value is -2.70. The number of amides is 1. The van der Waals surface area contributed by atoms with Gasteiger partial charge in [0.15, 0.2) is 5.82 Å². The second kappa shape index (κ2) is 6.31. The highest BCUT2D eigenvalue weighted by molar-refractivity contribution is 6.00. The summed E-state index contributed by atoms with van der Waals surface area (Å²) in [6.07, 6.45) is 0.452. The molecule has 7 heteroatoms. The zero-order chi connectivity index (χ0) is 18.2. The predicted octanol–water partition coefficient (Wildman–Crippen LogP) is 2.62. The highest BCUT2D eigenvalue weighted by Gasteiger charge is 2.48. The molecule has 3 rings (SSSR count). The molecule has 0 spiro atoms. The van der Waals surface area contributed by atoms with Gasteiger partial charge in [-0.05, 0) is 31.4 Å². The lowest BCUT2D eigenvalue weighted by atomic mass is 9.76. The van der Waals surface area contributed by atoms with Crippen LogP contribution < -0.4 is 0 Å². The summed E-state index contributed by atoms with van der Waals surface area (Å²) in [4.78, 5) is 30.6. The molecule has 0 saturated carbocycles. The van der Waals surface area contributed by atoms with Crippen molar-refractivity contribution in [3.63, 3.8) is 0 Å². The minimum atomic E-state index is -0.897. The third-order valence-corrected chi connectivity index (χ3v) is 5.03. The molecule has 1 aliphatic rings. The van der Waals surface area contributed by atoms with E-state index in [2.05, 4.69) is 10.1 Å². The number of nitrogens with zero attached hydrogens (tertiary/aromatic N) is 3. The van der Waals surface area contributed by atoms with Crippen molar-refractivity contribution in [3.05, 3.63) is 35.7 Å². The fourth-order valence-corrected chi connectivity index (χ4v) is 3.33. The number of rotatable bonds is 4. The fourth-order valence-electron chi connectivity index (χ4n) is 3.33. The number of carbonyl (C=O) groups excluding carboxylic acids is 1. The fraction of sp³-hybridized carbons (Fsp3) is 0.444. The van der Waals surface area contributed by atoms with Crippen LogP contribution in [0.2, 0.25) is 0 Å². The van der Waals surface area contributed by atoms with Crippen molar-refractivity contribution in [1.29, 1.82) is 0 Å². The molecular weight excluding hydrogens is 322 g/mol. The van der Waals surface area contributed by atoms with Crippen molar-refractivity contribution in [2.75, 3.05) is 13.1 Å². The number of aliphatic carboxylic acids is 1. The number of hydrogen-bond donors (Lipinski definition) is 1. The van der Waals surface area contributed by atoms with Gasteiger partial charge in [-0.25, -0.2) is 0 Å². The van der Waals surface area contributed by atoms with Gasteiger partial charge in [-0.2, -0.15) is 4.98 Å². The summed E-state index contributed by atoms with van der Waals surface area (Å²) >= 11 is 0. The van der Waals surface area contributed by atoms with Crippen LogP contribution in [0, 0.1) is 18.3 Å². The van der Waals surface area contributed by atoms with Crippen LogP contribution in [0.4, 0.5) is 0 Å². The maximum absolute atomic E-state index is 13.0. The van der Waals surface area contributed by atoms with Crippen LogP contribution in [-0.2, 0) is 4.79 Å². The lowest BCUT2D eigenvalue weighted by Crippen LogP contribution is -2.40. The summed E-state index contributed by atoms with van der Waals surface area (Å²) in [5, 5.41) is 13.4. The average molecular weight is 343 g/mol. The van der Waals surface area contributed by atoms with Crippen LogP contribution in [0.15, 0.2) is 28.8 Å². The van der Waals surface area contributed by atoms with Gasteiger partial charge in [-0.1, -0.05) is 31.1 Å². The molecule has 1 aromatic heterocycles. The zero-order valence-electron chi connectivity index (χ0n) is 14.5. The minimum Gasteiger partial charge on any atom is -0.481 e. The molecule has 1 N–H and O–H groups in total. The number of likely N-dealkylation sites (tertiary alicyclic amines) is 1. The van der Waals surface area contributed by atoms with E-state index in [1.807, 2.05) is 13.8 Å². The van der Waals surface area contributed by atoms with Crippen LogP contribution in [0.1, 0.15) is 36.5 Å². The summed E-state index contributed by atoms with van der Waals surface area (Å²) in [5.41, 5.74) is 0.104. The van der Waals surface area contributed by atoms with Crippen molar-refractivity contribution in [2.24, 2.45) is 11.3 Å². The normalized spacial score (nSPS) is 20.2. The van der Waals surface area contributed by atoms with Crippen LogP contribution in [0.25, 0.3) is 11.5 Å². The van der Waals surface area contributed by atoms with Gasteiger partial charge in [0.1, 0.15) is 0 Å². The number of carbonyl (C=O) groups is 2. The number of benzene rings is 1. The van der Waals surface area contributed by atoms with E-state index < -0.39 is 11.4 Å². The van der Waals surface area contributed by atoms with Crippen LogP contribution in [0.3, 0.4) is 0 Å². The number of carboxylic acid groups (broad SMARTS) is 1. The van der Waals surface area contributed by atoms with Crippen molar-refractivity contribution in [3.8, 4) is 11.5 Å². The summed E-state index contributed by atoms with van der Waals surface area (Å²) in [7, 11) is 0. The largest absolute Gasteiger partial charge is 0.481 e. The van der Waals surface area contributed by atoms with Crippen molar-refractivity contribution in [1.82, 2.24) is 15.0 Å². The summed E-state index contributed by atoms with van der Waals surface area (Å²) in [6.45, 7) is 6.10. The van der Waals surface area contributed by atoms with Gasteiger partial charge in [-0.3, -0.25) is 9.59 Å². The number of aromatic nitrogens is 2. The van der Waals surface area contributed by atoms with Crippen molar-refractivity contribution < 1.29 is 19.2 Å². The molecule has 0 bridgehead atoms. The Morgan fingerprint density at radius 1 is 1.32 bits per heavy atom. The molecule has 25 heavy (non-hydrogen) atoms. The van der Waals surface area contributed by atoms with Gasteiger partial charge in [0, 0.05) is 13.1 Å². The second-order valence-corrected chi connectivity index (χ2v) is 6.79. The molecule has 1 aliphatic heterocycles. The topological polar surface area (TPSA) is 96.5 Å². The van der Waals surface area contributed by atoms with E-state index in [1.165, 1.54) is 0 Å². The van der Waals surface area contributed by atoms with E-state index in [-0.39, 0.29) is 24.3 Å². The number of aryl methyl sites for hydroxylation is 1. The molecule has 1 atom stereocenters. The molecule has 0 aliphatic carbocycles. The molecule has 1 amide bonds. The van der Waals surface area contributed by atoms with Gasteiger partial charge < -0.3 is 14.5 Å². The summed E-state index contributed by atoms with van der Waals surface area (Å²) < 4.78 is 5.20. The van der Waals surface area contributed by atoms with E-state index in [0.717, 1.165) is 0 Å². The van der Waals surface area contributed by atoms with Crippen LogP contribution >= 0.6 is 0 Å². The van der Waals surface area contributed by atoms with Gasteiger partial charge >= 0.3 is 5.97 Å². The molecular formula is C18H21N3O4. The van der Waals surface area contributed by atoms with Gasteiger partial charge in [0.05, 0.1) is 16.5 Å². The monoisotopic (exact) mass is 343 g/mol. The molecule has 7 nitrogen and oxygen atoms in total. The molecule has 0 radical (unpaired) electrons. The summed E-state index contributed by atoms with van der Waals surface area (Å²) in [6, 6.07) is 7.02. The third kappa shape index (κ3) is 2.90. The Morgan fingerprint density at radius 2 is 2.04 bits per heavy atom. The first-order valence-electron chi connectivity index (χ1n) is 8.27. The van der Waals surface area contributed by atoms with E-state index in [1.54, 1.807) is 36.1 Å². The standard InChI is InChI=1S/C18H21N3O4/c1-11(2)18(17(23)24)8-9-21(10-18)16(22)14-7-5-4-6-13(14)15-19-12(3)20-25-15/h4-7,11H,8-10H2,1-3H3,(H,23,24). The van der Waals surface area contributed by atoms with Gasteiger partial charge in [0.2, 0.25) is 0 Å². The second-order valence-electron chi connectivity index (χ2n) is 6.79. The first kappa shape index (κ1) is 17.1. The first-order valence-corrected chi connectivity index (χ1v) is 8.27. The Morgan fingerprint density at radius 3 is 2.60 bits per heavy atom. The minimum absolute atomic E-state index is 0.0587. The Labute approximate surface area is 145 Å². The van der Waals surface area contributed by atoms with Gasteiger partial charge in [0.25, 0.3) is 11.8 Å². The molecule has 1 unspecified atom stereocenters.